The average Bonchev–Trinajstić information content (AvgIpc) is 2.71. The molecule has 0 N–H and O–H groups in total. The van der Waals surface area contributed by atoms with Crippen molar-refractivity contribution in [2.24, 2.45) is 0 Å². The molecule has 1 aromatic rings. The van der Waals surface area contributed by atoms with Crippen LogP contribution in [-0.2, 0) is 9.53 Å². The van der Waals surface area contributed by atoms with Crippen molar-refractivity contribution in [3.05, 3.63) is 35.9 Å². The lowest BCUT2D eigenvalue weighted by molar-refractivity contribution is -0.128. The molecule has 1 aromatic carbocycles. The van der Waals surface area contributed by atoms with Crippen LogP contribution in [0.25, 0.3) is 0 Å². The van der Waals surface area contributed by atoms with Crippen molar-refractivity contribution in [3.8, 4) is 0 Å². The molecule has 1 aliphatic heterocycles. The highest BCUT2D eigenvalue weighted by Crippen LogP contribution is 2.28. The molecule has 4 nitrogen and oxygen atoms in total. The number of rotatable bonds is 2. The molecule has 0 radical (unpaired) electrons. The molecule has 0 saturated carbocycles. The van der Waals surface area contributed by atoms with Crippen molar-refractivity contribution < 1.29 is 14.3 Å². The van der Waals surface area contributed by atoms with Crippen molar-refractivity contribution in [1.82, 2.24) is 4.90 Å². The Morgan fingerprint density at radius 2 is 2.12 bits per heavy atom. The summed E-state index contributed by atoms with van der Waals surface area (Å²) in [4.78, 5) is 24.3. The molecule has 0 aromatic heterocycles. The number of imide groups is 1. The zero-order valence-electron chi connectivity index (χ0n) is 9.30. The number of carbonyl (C=O) groups is 2. The SMILES string of the molecule is C[C@H](Br)C(=O)N1C(=O)OC[C@H]1c1ccccc1. The van der Waals surface area contributed by atoms with Crippen LogP contribution in [0.15, 0.2) is 30.3 Å². The summed E-state index contributed by atoms with van der Waals surface area (Å²) in [6.45, 7) is 1.91. The summed E-state index contributed by atoms with van der Waals surface area (Å²) in [5, 5.41) is 0. The maximum atomic E-state index is 11.9. The van der Waals surface area contributed by atoms with Gasteiger partial charge in [-0.25, -0.2) is 9.69 Å². The summed E-state index contributed by atoms with van der Waals surface area (Å²) in [5.41, 5.74) is 0.903. The van der Waals surface area contributed by atoms with Gasteiger partial charge in [0, 0.05) is 0 Å². The smallest absolute Gasteiger partial charge is 0.417 e. The monoisotopic (exact) mass is 297 g/mol. The minimum absolute atomic E-state index is 0.217. The van der Waals surface area contributed by atoms with Gasteiger partial charge in [0.05, 0.1) is 4.83 Å². The molecule has 2 atom stereocenters. The Morgan fingerprint density at radius 3 is 2.71 bits per heavy atom. The third-order valence-electron chi connectivity index (χ3n) is 2.64. The zero-order chi connectivity index (χ0) is 12.4. The fourth-order valence-corrected chi connectivity index (χ4v) is 2.00. The third-order valence-corrected chi connectivity index (χ3v) is 3.03. The molecule has 0 unspecified atom stereocenters. The van der Waals surface area contributed by atoms with Gasteiger partial charge in [0.25, 0.3) is 0 Å². The van der Waals surface area contributed by atoms with E-state index < -0.39 is 10.9 Å². The fourth-order valence-electron chi connectivity index (χ4n) is 1.78. The molecule has 1 saturated heterocycles. The Morgan fingerprint density at radius 1 is 1.47 bits per heavy atom. The molecule has 1 fully saturated rings. The lowest BCUT2D eigenvalue weighted by Gasteiger charge is -2.20. The van der Waals surface area contributed by atoms with E-state index in [9.17, 15) is 9.59 Å². The van der Waals surface area contributed by atoms with E-state index in [0.717, 1.165) is 5.56 Å². The van der Waals surface area contributed by atoms with Gasteiger partial charge in [-0.15, -0.1) is 0 Å². The summed E-state index contributed by atoms with van der Waals surface area (Å²) in [5.74, 6) is -0.277. The van der Waals surface area contributed by atoms with Crippen molar-refractivity contribution in [2.45, 2.75) is 17.8 Å². The maximum absolute atomic E-state index is 11.9. The second kappa shape index (κ2) is 4.87. The van der Waals surface area contributed by atoms with Crippen molar-refractivity contribution >= 4 is 27.9 Å². The van der Waals surface area contributed by atoms with Crippen LogP contribution in [0, 0.1) is 0 Å². The normalized spacial score (nSPS) is 21.2. The Labute approximate surface area is 108 Å². The van der Waals surface area contributed by atoms with Crippen LogP contribution in [0.1, 0.15) is 18.5 Å². The molecular weight excluding hydrogens is 286 g/mol. The van der Waals surface area contributed by atoms with Crippen LogP contribution in [-0.4, -0.2) is 28.3 Å². The first-order chi connectivity index (χ1) is 8.11. The maximum Gasteiger partial charge on any atom is 0.417 e. The molecule has 90 valence electrons. The molecule has 17 heavy (non-hydrogen) atoms. The van der Waals surface area contributed by atoms with E-state index in [0.29, 0.717) is 0 Å². The van der Waals surface area contributed by atoms with Crippen LogP contribution in [0.5, 0.6) is 0 Å². The highest BCUT2D eigenvalue weighted by atomic mass is 79.9. The van der Waals surface area contributed by atoms with E-state index in [-0.39, 0.29) is 18.6 Å². The van der Waals surface area contributed by atoms with E-state index in [1.807, 2.05) is 30.3 Å². The second-order valence-corrected chi connectivity index (χ2v) is 5.20. The van der Waals surface area contributed by atoms with Gasteiger partial charge >= 0.3 is 6.09 Å². The largest absolute Gasteiger partial charge is 0.446 e. The van der Waals surface area contributed by atoms with Crippen LogP contribution in [0.3, 0.4) is 0 Å². The molecule has 0 bridgehead atoms. The Kier molecular flexibility index (Phi) is 3.47. The lowest BCUT2D eigenvalue weighted by atomic mass is 10.1. The Bertz CT molecular complexity index is 433. The number of amides is 2. The van der Waals surface area contributed by atoms with Gasteiger partial charge in [0.15, 0.2) is 0 Å². The fraction of sp³-hybridized carbons (Fsp3) is 0.333. The first kappa shape index (κ1) is 12.1. The molecule has 5 heteroatoms. The summed E-state index contributed by atoms with van der Waals surface area (Å²) < 4.78 is 4.95. The van der Waals surface area contributed by atoms with Crippen LogP contribution < -0.4 is 0 Å². The predicted octanol–water partition coefficient (Wildman–Crippen LogP) is 2.49. The van der Waals surface area contributed by atoms with Crippen molar-refractivity contribution in [3.63, 3.8) is 0 Å². The van der Waals surface area contributed by atoms with E-state index in [1.165, 1.54) is 4.90 Å². The highest BCUT2D eigenvalue weighted by molar-refractivity contribution is 9.10. The lowest BCUT2D eigenvalue weighted by Crippen LogP contribution is -2.38. The first-order valence-electron chi connectivity index (χ1n) is 5.30. The number of cyclic esters (lactones) is 1. The first-order valence-corrected chi connectivity index (χ1v) is 6.21. The van der Waals surface area contributed by atoms with Gasteiger partial charge in [-0.05, 0) is 12.5 Å². The second-order valence-electron chi connectivity index (χ2n) is 3.83. The van der Waals surface area contributed by atoms with Crippen molar-refractivity contribution in [2.75, 3.05) is 6.61 Å². The molecule has 1 heterocycles. The molecule has 2 amide bonds. The Hall–Kier alpha value is -1.36. The third kappa shape index (κ3) is 2.34. The molecule has 2 rings (SSSR count). The number of alkyl halides is 1. The number of carbonyl (C=O) groups excluding carboxylic acids is 2. The Balaban J connectivity index is 2.29. The number of halogens is 1. The van der Waals surface area contributed by atoms with Crippen LogP contribution in [0.2, 0.25) is 0 Å². The number of ether oxygens (including phenoxy) is 1. The van der Waals surface area contributed by atoms with Gasteiger partial charge in [0.2, 0.25) is 5.91 Å². The topological polar surface area (TPSA) is 46.6 Å². The van der Waals surface area contributed by atoms with E-state index >= 15 is 0 Å². The van der Waals surface area contributed by atoms with Gasteiger partial charge in [0.1, 0.15) is 12.6 Å². The summed E-state index contributed by atoms with van der Waals surface area (Å²) >= 11 is 3.18. The van der Waals surface area contributed by atoms with Gasteiger partial charge in [-0.1, -0.05) is 46.3 Å². The van der Waals surface area contributed by atoms with Crippen LogP contribution in [0.4, 0.5) is 4.79 Å². The number of hydrogen-bond donors (Lipinski definition) is 0. The minimum atomic E-state index is -0.574. The predicted molar refractivity (Wildman–Crippen MR) is 65.8 cm³/mol. The van der Waals surface area contributed by atoms with E-state index in [4.69, 9.17) is 4.74 Å². The molecule has 0 aliphatic carbocycles. The standard InChI is InChI=1S/C12H12BrNO3/c1-8(13)11(15)14-10(7-17-12(14)16)9-5-3-2-4-6-9/h2-6,8,10H,7H2,1H3/t8-,10-/m0/s1. The summed E-state index contributed by atoms with van der Waals surface area (Å²) in [6.07, 6.45) is -0.574. The highest BCUT2D eigenvalue weighted by Gasteiger charge is 2.39. The number of nitrogens with zero attached hydrogens (tertiary/aromatic N) is 1. The molecular formula is C12H12BrNO3. The van der Waals surface area contributed by atoms with Gasteiger partial charge in [-0.2, -0.15) is 0 Å². The summed E-state index contributed by atoms with van der Waals surface area (Å²) in [6, 6.07) is 9.07. The van der Waals surface area contributed by atoms with Gasteiger partial charge in [-0.3, -0.25) is 4.79 Å². The minimum Gasteiger partial charge on any atom is -0.446 e. The van der Waals surface area contributed by atoms with Crippen molar-refractivity contribution in [1.29, 1.82) is 0 Å². The quantitative estimate of drug-likeness (QED) is 0.788. The number of benzene rings is 1. The van der Waals surface area contributed by atoms with E-state index in [1.54, 1.807) is 6.92 Å². The number of hydrogen-bond acceptors (Lipinski definition) is 3. The van der Waals surface area contributed by atoms with E-state index in [2.05, 4.69) is 15.9 Å². The molecule has 0 spiro atoms. The average molecular weight is 298 g/mol. The molecule has 1 aliphatic rings. The zero-order valence-corrected chi connectivity index (χ0v) is 10.9. The van der Waals surface area contributed by atoms with Gasteiger partial charge < -0.3 is 4.74 Å². The summed E-state index contributed by atoms with van der Waals surface area (Å²) in [7, 11) is 0. The van der Waals surface area contributed by atoms with Crippen LogP contribution >= 0.6 is 15.9 Å².